The number of hydrogen-bond acceptors (Lipinski definition) is 4. The van der Waals surface area contributed by atoms with E-state index in [-0.39, 0.29) is 12.3 Å². The molecule has 0 aliphatic carbocycles. The van der Waals surface area contributed by atoms with Crippen LogP contribution in [0.5, 0.6) is 0 Å². The van der Waals surface area contributed by atoms with Crippen molar-refractivity contribution >= 4 is 27.3 Å². The zero-order valence-corrected chi connectivity index (χ0v) is 12.1. The second-order valence-electron chi connectivity index (χ2n) is 4.17. The minimum atomic E-state index is -3.42. The molecule has 100 valence electrons. The second-order valence-corrected chi connectivity index (χ2v) is 7.38. The van der Waals surface area contributed by atoms with E-state index in [1.165, 1.54) is 19.9 Å². The summed E-state index contributed by atoms with van der Waals surface area (Å²) in [5.74, 6) is -0.130. The number of carbonyl (C=O) groups is 1. The molecule has 0 N–H and O–H groups in total. The largest absolute Gasteiger partial charge is 0.292 e. The summed E-state index contributed by atoms with van der Waals surface area (Å²) in [6.07, 6.45) is 0. The van der Waals surface area contributed by atoms with Gasteiger partial charge in [0.15, 0.2) is 5.78 Å². The molecule has 0 unspecified atom stereocenters. The van der Waals surface area contributed by atoms with Crippen molar-refractivity contribution in [1.29, 1.82) is 0 Å². The van der Waals surface area contributed by atoms with Gasteiger partial charge < -0.3 is 0 Å². The Morgan fingerprint density at radius 1 is 1.33 bits per heavy atom. The van der Waals surface area contributed by atoms with Gasteiger partial charge in [-0.3, -0.25) is 4.79 Å². The lowest BCUT2D eigenvalue weighted by molar-refractivity contribution is 0.0973. The van der Waals surface area contributed by atoms with Crippen molar-refractivity contribution in [2.75, 3.05) is 26.2 Å². The van der Waals surface area contributed by atoms with E-state index in [4.69, 9.17) is 0 Å². The van der Waals surface area contributed by atoms with Gasteiger partial charge in [-0.25, -0.2) is 0 Å². The number of thiophene rings is 1. The first-order valence-electron chi connectivity index (χ1n) is 5.80. The van der Waals surface area contributed by atoms with E-state index in [9.17, 15) is 13.2 Å². The molecule has 18 heavy (non-hydrogen) atoms. The third kappa shape index (κ3) is 2.49. The lowest BCUT2D eigenvalue weighted by atomic mass is 10.3. The molecule has 0 atom stereocenters. The molecule has 2 heterocycles. The minimum Gasteiger partial charge on any atom is -0.292 e. The number of likely N-dealkylation sites (N-methyl/N-ethyl adjacent to an activating group) is 1. The number of rotatable bonds is 4. The summed E-state index contributed by atoms with van der Waals surface area (Å²) in [4.78, 5) is 13.7. The van der Waals surface area contributed by atoms with Gasteiger partial charge in [0.25, 0.3) is 10.2 Å². The summed E-state index contributed by atoms with van der Waals surface area (Å²) in [5.41, 5.74) is 0. The fourth-order valence-corrected chi connectivity index (χ4v) is 4.28. The molecule has 2 rings (SSSR count). The van der Waals surface area contributed by atoms with Crippen LogP contribution in [0.4, 0.5) is 0 Å². The van der Waals surface area contributed by atoms with Gasteiger partial charge in [-0.15, -0.1) is 11.3 Å². The van der Waals surface area contributed by atoms with Crippen molar-refractivity contribution < 1.29 is 13.2 Å². The van der Waals surface area contributed by atoms with E-state index in [0.29, 0.717) is 24.5 Å². The zero-order chi connectivity index (χ0) is 13.3. The Hall–Kier alpha value is -0.760. The van der Waals surface area contributed by atoms with Crippen molar-refractivity contribution in [3.8, 4) is 0 Å². The number of Topliss-reactive ketones (excluding diaryl/α,β-unsaturated/α-hetero) is 1. The lowest BCUT2D eigenvalue weighted by Gasteiger charge is -2.16. The molecule has 1 fully saturated rings. The van der Waals surface area contributed by atoms with Gasteiger partial charge in [0.1, 0.15) is 0 Å². The van der Waals surface area contributed by atoms with E-state index < -0.39 is 10.2 Å². The Kier molecular flexibility index (Phi) is 3.86. The van der Waals surface area contributed by atoms with Crippen LogP contribution in [0.15, 0.2) is 12.1 Å². The molecule has 0 amide bonds. The summed E-state index contributed by atoms with van der Waals surface area (Å²) in [6, 6.07) is 3.62. The molecular weight excluding hydrogens is 272 g/mol. The third-order valence-corrected chi connectivity index (χ3v) is 6.04. The Bertz CT molecular complexity index is 550. The van der Waals surface area contributed by atoms with E-state index >= 15 is 0 Å². The molecule has 0 spiro atoms. The maximum absolute atomic E-state index is 12.0. The average molecular weight is 288 g/mol. The highest BCUT2D eigenvalue weighted by Gasteiger charge is 2.36. The SMILES string of the molecule is CCN1CCN(CC(=O)c2ccc(C)s2)S1(=O)=O. The molecule has 1 saturated heterocycles. The number of ketones is 1. The Morgan fingerprint density at radius 2 is 2.00 bits per heavy atom. The molecule has 1 aliphatic heterocycles. The summed E-state index contributed by atoms with van der Waals surface area (Å²) in [5, 5.41) is 0. The van der Waals surface area contributed by atoms with E-state index in [2.05, 4.69) is 0 Å². The van der Waals surface area contributed by atoms with Gasteiger partial charge in [0, 0.05) is 24.5 Å². The quantitative estimate of drug-likeness (QED) is 0.780. The number of nitrogens with zero attached hydrogens (tertiary/aromatic N) is 2. The van der Waals surface area contributed by atoms with Crippen LogP contribution < -0.4 is 0 Å². The van der Waals surface area contributed by atoms with Gasteiger partial charge in [-0.05, 0) is 19.1 Å². The van der Waals surface area contributed by atoms with Crippen LogP contribution in [0, 0.1) is 6.92 Å². The molecule has 1 aromatic rings. The first-order chi connectivity index (χ1) is 8.45. The van der Waals surface area contributed by atoms with Gasteiger partial charge in [0.2, 0.25) is 0 Å². The highest BCUT2D eigenvalue weighted by atomic mass is 32.2. The topological polar surface area (TPSA) is 57.7 Å². The summed E-state index contributed by atoms with van der Waals surface area (Å²) in [6.45, 7) is 4.98. The van der Waals surface area contributed by atoms with Gasteiger partial charge in [-0.2, -0.15) is 17.0 Å². The van der Waals surface area contributed by atoms with Crippen LogP contribution in [-0.4, -0.2) is 49.0 Å². The molecular formula is C11H16N2O3S2. The maximum atomic E-state index is 12.0. The van der Waals surface area contributed by atoms with E-state index in [1.54, 1.807) is 13.0 Å². The molecule has 7 heteroatoms. The molecule has 0 radical (unpaired) electrons. The predicted molar refractivity (Wildman–Crippen MR) is 71.1 cm³/mol. The van der Waals surface area contributed by atoms with E-state index in [0.717, 1.165) is 4.88 Å². The molecule has 0 saturated carbocycles. The van der Waals surface area contributed by atoms with Crippen LogP contribution in [0.1, 0.15) is 21.5 Å². The van der Waals surface area contributed by atoms with Crippen molar-refractivity contribution in [2.24, 2.45) is 0 Å². The number of aryl methyl sites for hydroxylation is 1. The molecule has 0 aromatic carbocycles. The Labute approximate surface area is 111 Å². The molecule has 1 aliphatic rings. The highest BCUT2D eigenvalue weighted by molar-refractivity contribution is 7.87. The van der Waals surface area contributed by atoms with Crippen molar-refractivity contribution in [3.63, 3.8) is 0 Å². The third-order valence-electron chi connectivity index (χ3n) is 2.94. The zero-order valence-electron chi connectivity index (χ0n) is 10.4. The first kappa shape index (κ1) is 13.7. The monoisotopic (exact) mass is 288 g/mol. The van der Waals surface area contributed by atoms with Crippen molar-refractivity contribution in [3.05, 3.63) is 21.9 Å². The molecule has 5 nitrogen and oxygen atoms in total. The van der Waals surface area contributed by atoms with Crippen LogP contribution in [0.3, 0.4) is 0 Å². The summed E-state index contributed by atoms with van der Waals surface area (Å²) >= 11 is 1.40. The fourth-order valence-electron chi connectivity index (χ4n) is 1.92. The normalized spacial score (nSPS) is 20.3. The number of carbonyl (C=O) groups excluding carboxylic acids is 1. The van der Waals surface area contributed by atoms with Crippen molar-refractivity contribution in [2.45, 2.75) is 13.8 Å². The fraction of sp³-hybridized carbons (Fsp3) is 0.545. The Balaban J connectivity index is 2.09. The van der Waals surface area contributed by atoms with Crippen molar-refractivity contribution in [1.82, 2.24) is 8.61 Å². The van der Waals surface area contributed by atoms with Crippen LogP contribution in [-0.2, 0) is 10.2 Å². The van der Waals surface area contributed by atoms with Gasteiger partial charge >= 0.3 is 0 Å². The smallest absolute Gasteiger partial charge is 0.282 e. The summed E-state index contributed by atoms with van der Waals surface area (Å²) < 4.78 is 26.6. The van der Waals surface area contributed by atoms with Crippen LogP contribution >= 0.6 is 11.3 Å². The molecule has 1 aromatic heterocycles. The summed E-state index contributed by atoms with van der Waals surface area (Å²) in [7, 11) is -3.42. The highest BCUT2D eigenvalue weighted by Crippen LogP contribution is 2.19. The van der Waals surface area contributed by atoms with Gasteiger partial charge in [0.05, 0.1) is 11.4 Å². The second kappa shape index (κ2) is 5.08. The number of hydrogen-bond donors (Lipinski definition) is 0. The maximum Gasteiger partial charge on any atom is 0.282 e. The lowest BCUT2D eigenvalue weighted by Crippen LogP contribution is -2.36. The van der Waals surface area contributed by atoms with Crippen LogP contribution in [0.25, 0.3) is 0 Å². The standard InChI is InChI=1S/C11H16N2O3S2/c1-3-12-6-7-13(18(12,15)16)8-10(14)11-5-4-9(2)17-11/h4-5H,3,6-8H2,1-2H3. The minimum absolute atomic E-state index is 0.0568. The Morgan fingerprint density at radius 3 is 2.50 bits per heavy atom. The average Bonchev–Trinajstić information content (AvgIpc) is 2.84. The van der Waals surface area contributed by atoms with Gasteiger partial charge in [-0.1, -0.05) is 6.92 Å². The van der Waals surface area contributed by atoms with E-state index in [1.807, 2.05) is 13.0 Å². The van der Waals surface area contributed by atoms with Crippen LogP contribution in [0.2, 0.25) is 0 Å². The first-order valence-corrected chi connectivity index (χ1v) is 8.01. The molecule has 0 bridgehead atoms. The predicted octanol–water partition coefficient (Wildman–Crippen LogP) is 1.12.